The molecule has 0 spiro atoms. The van der Waals surface area contributed by atoms with Gasteiger partial charge in [0.15, 0.2) is 6.61 Å². The van der Waals surface area contributed by atoms with E-state index in [4.69, 9.17) is 14.6 Å². The van der Waals surface area contributed by atoms with Crippen LogP contribution in [-0.4, -0.2) is 23.8 Å². The highest BCUT2D eigenvalue weighted by atomic mass is 16.5. The fraction of sp³-hybridized carbons (Fsp3) is 0.345. The van der Waals surface area contributed by atoms with Crippen LogP contribution < -0.4 is 4.74 Å². The molecular formula is C29H32O4. The van der Waals surface area contributed by atoms with Crippen molar-refractivity contribution < 1.29 is 19.4 Å². The van der Waals surface area contributed by atoms with Crippen LogP contribution in [-0.2, 0) is 22.4 Å². The summed E-state index contributed by atoms with van der Waals surface area (Å²) in [6, 6.07) is 26.8. The molecule has 0 aliphatic heterocycles. The number of aliphatic carboxylic acids is 1. The zero-order chi connectivity index (χ0) is 23.0. The quantitative estimate of drug-likeness (QED) is 0.403. The first-order chi connectivity index (χ1) is 16.1. The van der Waals surface area contributed by atoms with Crippen molar-refractivity contribution in [2.24, 2.45) is 5.92 Å². The second-order valence-electron chi connectivity index (χ2n) is 8.91. The fourth-order valence-electron chi connectivity index (χ4n) is 4.74. The number of carboxylic acids is 1. The van der Waals surface area contributed by atoms with E-state index in [1.54, 1.807) is 0 Å². The van der Waals surface area contributed by atoms with Crippen molar-refractivity contribution in [3.8, 4) is 5.75 Å². The molecule has 0 fully saturated rings. The Hall–Kier alpha value is -3.11. The molecule has 4 heteroatoms. The summed E-state index contributed by atoms with van der Waals surface area (Å²) >= 11 is 0. The molecule has 0 radical (unpaired) electrons. The minimum Gasteiger partial charge on any atom is -0.482 e. The molecule has 4 nitrogen and oxygen atoms in total. The molecule has 0 amide bonds. The third-order valence-electron chi connectivity index (χ3n) is 6.45. The van der Waals surface area contributed by atoms with E-state index in [1.165, 1.54) is 22.3 Å². The summed E-state index contributed by atoms with van der Waals surface area (Å²) in [5, 5.41) is 8.91. The maximum Gasteiger partial charge on any atom is 0.341 e. The van der Waals surface area contributed by atoms with E-state index in [-0.39, 0.29) is 18.8 Å². The highest BCUT2D eigenvalue weighted by Gasteiger charge is 2.23. The first-order valence-corrected chi connectivity index (χ1v) is 11.8. The molecule has 1 aliphatic carbocycles. The lowest BCUT2D eigenvalue weighted by atomic mass is 9.81. The molecule has 0 saturated heterocycles. The van der Waals surface area contributed by atoms with Crippen LogP contribution >= 0.6 is 0 Å². The predicted octanol–water partition coefficient (Wildman–Crippen LogP) is 6.23. The van der Waals surface area contributed by atoms with Crippen molar-refractivity contribution in [3.05, 3.63) is 101 Å². The third kappa shape index (κ3) is 6.23. The summed E-state index contributed by atoms with van der Waals surface area (Å²) in [4.78, 5) is 10.9. The monoisotopic (exact) mass is 444 g/mol. The summed E-state index contributed by atoms with van der Waals surface area (Å²) < 4.78 is 12.1. The van der Waals surface area contributed by atoms with Gasteiger partial charge in [-0.25, -0.2) is 4.79 Å². The van der Waals surface area contributed by atoms with Crippen LogP contribution in [0.1, 0.15) is 54.5 Å². The number of carbonyl (C=O) groups is 1. The van der Waals surface area contributed by atoms with Crippen molar-refractivity contribution >= 4 is 5.97 Å². The number of benzene rings is 3. The predicted molar refractivity (Wildman–Crippen MR) is 130 cm³/mol. The molecular weight excluding hydrogens is 412 g/mol. The summed E-state index contributed by atoms with van der Waals surface area (Å²) in [7, 11) is 0. The van der Waals surface area contributed by atoms with Gasteiger partial charge in [-0.15, -0.1) is 0 Å². The van der Waals surface area contributed by atoms with Gasteiger partial charge in [0.25, 0.3) is 0 Å². The van der Waals surface area contributed by atoms with Gasteiger partial charge in [-0.1, -0.05) is 72.8 Å². The fourth-order valence-corrected chi connectivity index (χ4v) is 4.74. The Balaban J connectivity index is 1.36. The maximum atomic E-state index is 10.9. The van der Waals surface area contributed by atoms with E-state index in [1.807, 2.05) is 24.3 Å². The first kappa shape index (κ1) is 23.1. The largest absolute Gasteiger partial charge is 0.482 e. The van der Waals surface area contributed by atoms with Crippen LogP contribution in [0, 0.1) is 5.92 Å². The lowest BCUT2D eigenvalue weighted by Gasteiger charge is -2.28. The molecule has 33 heavy (non-hydrogen) atoms. The number of ether oxygens (including phenoxy) is 2. The standard InChI is InChI=1S/C29H32O4/c1-21(33-29(23-9-4-2-5-10-23)24-11-6-3-7-12-24)15-16-22-17-18-26-25(19-22)13-8-14-27(26)32-20-28(30)31/h2-14,21-22,29H,15-20H2,1H3,(H,30,31). The van der Waals surface area contributed by atoms with Crippen LogP contribution in [0.4, 0.5) is 0 Å². The highest BCUT2D eigenvalue weighted by molar-refractivity contribution is 5.68. The Morgan fingerprint density at radius 2 is 1.64 bits per heavy atom. The maximum absolute atomic E-state index is 10.9. The second-order valence-corrected chi connectivity index (χ2v) is 8.91. The highest BCUT2D eigenvalue weighted by Crippen LogP contribution is 2.35. The lowest BCUT2D eigenvalue weighted by molar-refractivity contribution is -0.139. The number of fused-ring (bicyclic) bond motifs is 1. The van der Waals surface area contributed by atoms with Crippen molar-refractivity contribution in [1.29, 1.82) is 0 Å². The van der Waals surface area contributed by atoms with Crippen molar-refractivity contribution in [1.82, 2.24) is 0 Å². The minimum atomic E-state index is -0.945. The molecule has 0 bridgehead atoms. The molecule has 0 saturated carbocycles. The molecule has 0 aromatic heterocycles. The molecule has 1 aliphatic rings. The first-order valence-electron chi connectivity index (χ1n) is 11.8. The topological polar surface area (TPSA) is 55.8 Å². The van der Waals surface area contributed by atoms with E-state index in [0.29, 0.717) is 5.92 Å². The Morgan fingerprint density at radius 1 is 0.970 bits per heavy atom. The van der Waals surface area contributed by atoms with Crippen molar-refractivity contribution in [3.63, 3.8) is 0 Å². The van der Waals surface area contributed by atoms with Crippen LogP contribution in [0.15, 0.2) is 78.9 Å². The van der Waals surface area contributed by atoms with Gasteiger partial charge in [-0.2, -0.15) is 0 Å². The molecule has 3 aromatic rings. The van der Waals surface area contributed by atoms with E-state index < -0.39 is 5.97 Å². The Labute approximate surface area is 196 Å². The molecule has 2 unspecified atom stereocenters. The molecule has 4 rings (SSSR count). The zero-order valence-electron chi connectivity index (χ0n) is 19.2. The van der Waals surface area contributed by atoms with Gasteiger partial charge in [0.1, 0.15) is 11.9 Å². The van der Waals surface area contributed by atoms with Crippen LogP contribution in [0.25, 0.3) is 0 Å². The number of hydrogen-bond acceptors (Lipinski definition) is 3. The Morgan fingerprint density at radius 3 is 2.27 bits per heavy atom. The Kier molecular flexibility index (Phi) is 7.79. The van der Waals surface area contributed by atoms with E-state index in [9.17, 15) is 4.79 Å². The van der Waals surface area contributed by atoms with E-state index >= 15 is 0 Å². The number of carboxylic acid groups (broad SMARTS) is 1. The summed E-state index contributed by atoms with van der Waals surface area (Å²) in [5.41, 5.74) is 4.81. The smallest absolute Gasteiger partial charge is 0.341 e. The van der Waals surface area contributed by atoms with Crippen LogP contribution in [0.5, 0.6) is 5.75 Å². The van der Waals surface area contributed by atoms with Crippen LogP contribution in [0.2, 0.25) is 0 Å². The molecule has 1 N–H and O–H groups in total. The molecule has 2 atom stereocenters. The van der Waals surface area contributed by atoms with Gasteiger partial charge >= 0.3 is 5.97 Å². The summed E-state index contributed by atoms with van der Waals surface area (Å²) in [6.07, 6.45) is 5.22. The SMILES string of the molecule is CC(CCC1CCc2c(cccc2OCC(=O)O)C1)OC(c1ccccc1)c1ccccc1. The lowest BCUT2D eigenvalue weighted by Crippen LogP contribution is -2.20. The van der Waals surface area contributed by atoms with Gasteiger partial charge in [-0.05, 0) is 73.3 Å². The van der Waals surface area contributed by atoms with E-state index in [0.717, 1.165) is 37.9 Å². The normalized spacial score (nSPS) is 16.2. The van der Waals surface area contributed by atoms with Gasteiger partial charge in [0.2, 0.25) is 0 Å². The summed E-state index contributed by atoms with van der Waals surface area (Å²) in [6.45, 7) is 1.88. The molecule has 0 heterocycles. The molecule has 172 valence electrons. The zero-order valence-corrected chi connectivity index (χ0v) is 19.2. The van der Waals surface area contributed by atoms with Crippen molar-refractivity contribution in [2.75, 3.05) is 6.61 Å². The van der Waals surface area contributed by atoms with Gasteiger partial charge in [0.05, 0.1) is 6.10 Å². The number of rotatable bonds is 10. The van der Waals surface area contributed by atoms with Gasteiger partial charge in [-0.3, -0.25) is 0 Å². The molecule has 3 aromatic carbocycles. The van der Waals surface area contributed by atoms with Crippen LogP contribution in [0.3, 0.4) is 0 Å². The minimum absolute atomic E-state index is 0.0663. The summed E-state index contributed by atoms with van der Waals surface area (Å²) in [5.74, 6) is 0.378. The van der Waals surface area contributed by atoms with Gasteiger partial charge in [0, 0.05) is 0 Å². The average Bonchev–Trinajstić information content (AvgIpc) is 2.85. The van der Waals surface area contributed by atoms with E-state index in [2.05, 4.69) is 61.5 Å². The third-order valence-corrected chi connectivity index (χ3v) is 6.45. The Bertz CT molecular complexity index is 993. The number of hydrogen-bond donors (Lipinski definition) is 1. The van der Waals surface area contributed by atoms with Gasteiger partial charge < -0.3 is 14.6 Å². The average molecular weight is 445 g/mol. The van der Waals surface area contributed by atoms with Crippen molar-refractivity contribution in [2.45, 2.75) is 51.2 Å². The second kappa shape index (κ2) is 11.2.